The zero-order valence-electron chi connectivity index (χ0n) is 17.8. The van der Waals surface area contributed by atoms with Gasteiger partial charge < -0.3 is 11.1 Å². The smallest absolute Gasteiger partial charge is 0.250 e. The predicted molar refractivity (Wildman–Crippen MR) is 130 cm³/mol. The molecule has 6 nitrogen and oxygen atoms in total. The molecule has 0 aliphatic heterocycles. The Labute approximate surface area is 191 Å². The Balaban J connectivity index is 1.70. The summed E-state index contributed by atoms with van der Waals surface area (Å²) in [6.07, 6.45) is 3.12. The first-order chi connectivity index (χ1) is 16.2. The molecule has 5 rings (SSSR count). The van der Waals surface area contributed by atoms with Crippen LogP contribution in [-0.4, -0.2) is 21.1 Å². The lowest BCUT2D eigenvalue weighted by Gasteiger charge is -2.15. The summed E-state index contributed by atoms with van der Waals surface area (Å²) in [6.45, 7) is 0.617. The predicted octanol–water partition coefficient (Wildman–Crippen LogP) is 5.07. The lowest BCUT2D eigenvalue weighted by atomic mass is 9.96. The number of aromatic nitrogens is 3. The molecule has 2 heterocycles. The van der Waals surface area contributed by atoms with E-state index in [-0.39, 0.29) is 0 Å². The highest BCUT2D eigenvalue weighted by Gasteiger charge is 2.16. The number of nitrogens with one attached hydrogen (secondary N) is 1. The van der Waals surface area contributed by atoms with E-state index in [1.165, 1.54) is 6.20 Å². The highest BCUT2D eigenvalue weighted by molar-refractivity contribution is 6.08. The van der Waals surface area contributed by atoms with E-state index in [9.17, 15) is 4.79 Å². The van der Waals surface area contributed by atoms with Gasteiger partial charge in [-0.15, -0.1) is 10.2 Å². The molecule has 3 N–H and O–H groups in total. The number of carbonyl (C=O) groups is 1. The van der Waals surface area contributed by atoms with E-state index in [4.69, 9.17) is 5.73 Å². The number of benzene rings is 3. The fourth-order valence-electron chi connectivity index (χ4n) is 3.89. The van der Waals surface area contributed by atoms with Crippen molar-refractivity contribution in [2.24, 2.45) is 5.73 Å². The summed E-state index contributed by atoms with van der Waals surface area (Å²) < 4.78 is 0. The van der Waals surface area contributed by atoms with Crippen LogP contribution in [0, 0.1) is 0 Å². The molecule has 5 aromatic rings. The summed E-state index contributed by atoms with van der Waals surface area (Å²) in [7, 11) is 0. The van der Waals surface area contributed by atoms with Crippen molar-refractivity contribution in [2.45, 2.75) is 6.54 Å². The first kappa shape index (κ1) is 20.3. The third-order valence-electron chi connectivity index (χ3n) is 5.49. The minimum atomic E-state index is -0.535. The third kappa shape index (κ3) is 4.14. The van der Waals surface area contributed by atoms with Crippen molar-refractivity contribution >= 4 is 22.5 Å². The van der Waals surface area contributed by atoms with E-state index in [2.05, 4.69) is 50.8 Å². The topological polar surface area (TPSA) is 93.8 Å². The Morgan fingerprint density at radius 3 is 2.33 bits per heavy atom. The summed E-state index contributed by atoms with van der Waals surface area (Å²) in [6, 6.07) is 28.1. The van der Waals surface area contributed by atoms with Gasteiger partial charge >= 0.3 is 0 Å². The van der Waals surface area contributed by atoms with Crippen LogP contribution < -0.4 is 11.1 Å². The van der Waals surface area contributed by atoms with Crippen LogP contribution in [0.3, 0.4) is 0 Å². The summed E-state index contributed by atoms with van der Waals surface area (Å²) in [4.78, 5) is 15.9. The normalized spacial score (nSPS) is 10.8. The fourth-order valence-corrected chi connectivity index (χ4v) is 3.89. The van der Waals surface area contributed by atoms with Gasteiger partial charge in [-0.25, -0.2) is 0 Å². The van der Waals surface area contributed by atoms with Crippen LogP contribution in [0.5, 0.6) is 0 Å². The average Bonchev–Trinajstić information content (AvgIpc) is 2.88. The van der Waals surface area contributed by atoms with Crippen LogP contribution in [0.15, 0.2) is 97.3 Å². The number of rotatable bonds is 6. The molecular weight excluding hydrogens is 410 g/mol. The van der Waals surface area contributed by atoms with Crippen molar-refractivity contribution in [3.8, 4) is 22.4 Å². The molecule has 33 heavy (non-hydrogen) atoms. The number of nitrogens with two attached hydrogens (primary N) is 1. The van der Waals surface area contributed by atoms with Gasteiger partial charge in [0.15, 0.2) is 5.82 Å². The zero-order chi connectivity index (χ0) is 22.6. The fraction of sp³-hybridized carbons (Fsp3) is 0.0370. The van der Waals surface area contributed by atoms with Gasteiger partial charge in [-0.3, -0.25) is 9.78 Å². The Morgan fingerprint density at radius 1 is 0.818 bits per heavy atom. The minimum Gasteiger partial charge on any atom is -0.366 e. The van der Waals surface area contributed by atoms with Crippen molar-refractivity contribution in [3.63, 3.8) is 0 Å². The SMILES string of the molecule is NC(=O)c1cncc(-c2nnc(NCc3ccccc3)c3c(-c4ccccc4)cccc23)c1. The van der Waals surface area contributed by atoms with Crippen molar-refractivity contribution in [3.05, 3.63) is 108 Å². The second-order valence-corrected chi connectivity index (χ2v) is 7.66. The summed E-state index contributed by atoms with van der Waals surface area (Å²) in [5.74, 6) is 0.156. The molecule has 160 valence electrons. The number of hydrogen-bond acceptors (Lipinski definition) is 5. The first-order valence-corrected chi connectivity index (χ1v) is 10.6. The number of amides is 1. The quantitative estimate of drug-likeness (QED) is 0.391. The molecular formula is C27H21N5O. The first-order valence-electron chi connectivity index (χ1n) is 10.6. The van der Waals surface area contributed by atoms with E-state index in [1.54, 1.807) is 12.3 Å². The molecule has 0 saturated carbocycles. The van der Waals surface area contributed by atoms with Crippen molar-refractivity contribution < 1.29 is 4.79 Å². The van der Waals surface area contributed by atoms with E-state index < -0.39 is 5.91 Å². The maximum atomic E-state index is 11.7. The number of hydrogen-bond donors (Lipinski definition) is 2. The Morgan fingerprint density at radius 2 is 1.58 bits per heavy atom. The van der Waals surface area contributed by atoms with E-state index in [1.807, 2.05) is 48.5 Å². The van der Waals surface area contributed by atoms with Crippen LogP contribution in [-0.2, 0) is 6.54 Å². The molecule has 6 heteroatoms. The highest BCUT2D eigenvalue weighted by Crippen LogP contribution is 2.37. The molecule has 0 bridgehead atoms. The molecule has 1 amide bonds. The number of anilines is 1. The van der Waals surface area contributed by atoms with Crippen LogP contribution in [0.2, 0.25) is 0 Å². The van der Waals surface area contributed by atoms with Gasteiger partial charge in [0.2, 0.25) is 5.91 Å². The zero-order valence-corrected chi connectivity index (χ0v) is 17.8. The summed E-state index contributed by atoms with van der Waals surface area (Å²) >= 11 is 0. The number of fused-ring (bicyclic) bond motifs is 1. The minimum absolute atomic E-state index is 0.327. The number of nitrogens with zero attached hydrogens (tertiary/aromatic N) is 3. The molecule has 0 aliphatic carbocycles. The molecule has 0 saturated heterocycles. The Bertz CT molecular complexity index is 1440. The standard InChI is InChI=1S/C27H21N5O/c28-26(33)21-14-20(16-29-17-21)25-23-13-7-12-22(19-10-5-2-6-11-19)24(23)27(32-31-25)30-15-18-8-3-1-4-9-18/h1-14,16-17H,15H2,(H2,28,33)(H,30,32). The van der Waals surface area contributed by atoms with Gasteiger partial charge in [0.05, 0.1) is 5.56 Å². The van der Waals surface area contributed by atoms with E-state index in [0.717, 1.165) is 27.5 Å². The summed E-state index contributed by atoms with van der Waals surface area (Å²) in [5, 5.41) is 14.4. The van der Waals surface area contributed by atoms with Crippen LogP contribution >= 0.6 is 0 Å². The van der Waals surface area contributed by atoms with Gasteiger partial charge in [-0.05, 0) is 22.8 Å². The van der Waals surface area contributed by atoms with Gasteiger partial charge in [0.25, 0.3) is 0 Å². The summed E-state index contributed by atoms with van der Waals surface area (Å²) in [5.41, 5.74) is 10.4. The second-order valence-electron chi connectivity index (χ2n) is 7.66. The lowest BCUT2D eigenvalue weighted by Crippen LogP contribution is -2.11. The number of primary amides is 1. The number of pyridine rings is 1. The molecule has 0 fully saturated rings. The van der Waals surface area contributed by atoms with E-state index in [0.29, 0.717) is 29.2 Å². The highest BCUT2D eigenvalue weighted by atomic mass is 16.1. The van der Waals surface area contributed by atoms with Crippen LogP contribution in [0.25, 0.3) is 33.2 Å². The molecule has 2 aromatic heterocycles. The molecule has 0 unspecified atom stereocenters. The maximum absolute atomic E-state index is 11.7. The van der Waals surface area contributed by atoms with Crippen molar-refractivity contribution in [1.82, 2.24) is 15.2 Å². The third-order valence-corrected chi connectivity index (χ3v) is 5.49. The molecule has 0 radical (unpaired) electrons. The van der Waals surface area contributed by atoms with Gasteiger partial charge in [-0.2, -0.15) is 0 Å². The molecule has 0 aliphatic rings. The lowest BCUT2D eigenvalue weighted by molar-refractivity contribution is 0.1000. The number of carbonyl (C=O) groups excluding carboxylic acids is 1. The molecule has 0 spiro atoms. The van der Waals surface area contributed by atoms with Crippen LogP contribution in [0.4, 0.5) is 5.82 Å². The second kappa shape index (κ2) is 8.88. The monoisotopic (exact) mass is 431 g/mol. The van der Waals surface area contributed by atoms with Gasteiger partial charge in [0, 0.05) is 35.3 Å². The Kier molecular flexibility index (Phi) is 5.47. The van der Waals surface area contributed by atoms with Crippen molar-refractivity contribution in [1.29, 1.82) is 0 Å². The van der Waals surface area contributed by atoms with Crippen LogP contribution in [0.1, 0.15) is 15.9 Å². The molecule has 3 aromatic carbocycles. The van der Waals surface area contributed by atoms with Crippen molar-refractivity contribution in [2.75, 3.05) is 5.32 Å². The molecule has 0 atom stereocenters. The van der Waals surface area contributed by atoms with Gasteiger partial charge in [-0.1, -0.05) is 78.9 Å². The Hall–Kier alpha value is -4.58. The largest absolute Gasteiger partial charge is 0.366 e. The maximum Gasteiger partial charge on any atom is 0.250 e. The average molecular weight is 431 g/mol. The van der Waals surface area contributed by atoms with Gasteiger partial charge in [0.1, 0.15) is 5.69 Å². The van der Waals surface area contributed by atoms with E-state index >= 15 is 0 Å².